The summed E-state index contributed by atoms with van der Waals surface area (Å²) < 4.78 is 61.8. The molecule has 3 rings (SSSR count). The smallest absolute Gasteiger partial charge is 0.285 e. The number of carbonyl (C=O) groups excluding carboxylic acids is 1. The molecule has 0 unspecified atom stereocenters. The van der Waals surface area contributed by atoms with Crippen molar-refractivity contribution >= 4 is 27.5 Å². The predicted octanol–water partition coefficient (Wildman–Crippen LogP) is 3.45. The molecule has 1 aromatic heterocycles. The first-order chi connectivity index (χ1) is 14.1. The number of halogens is 3. The molecule has 0 saturated carbocycles. The Morgan fingerprint density at radius 3 is 2.43 bits per heavy atom. The van der Waals surface area contributed by atoms with E-state index in [4.69, 9.17) is 16.3 Å². The number of benzene rings is 2. The first-order valence-electron chi connectivity index (χ1n) is 8.45. The fraction of sp³-hybridized carbons (Fsp3) is 0.158. The molecule has 2 aromatic carbocycles. The highest BCUT2D eigenvalue weighted by atomic mass is 35.5. The second kappa shape index (κ2) is 8.04. The maximum absolute atomic E-state index is 14.2. The Balaban J connectivity index is 2.01. The third-order valence-electron chi connectivity index (χ3n) is 4.44. The highest BCUT2D eigenvalue weighted by molar-refractivity contribution is 7.90. The molecule has 0 spiro atoms. The Bertz CT molecular complexity index is 1240. The van der Waals surface area contributed by atoms with Gasteiger partial charge in [-0.1, -0.05) is 17.7 Å². The van der Waals surface area contributed by atoms with E-state index in [9.17, 15) is 22.0 Å². The van der Waals surface area contributed by atoms with Gasteiger partial charge in [0, 0.05) is 18.8 Å². The standard InChI is InChI=1S/C19H16ClF2N3O4S/c1-10-17(23-18(25(10)2)16-13(21)5-4-6-14(16)22)19(26)24-30(27,28)15-9-11(29-3)7-8-12(15)20/h4-9H,1-3H3,(H,24,26). The van der Waals surface area contributed by atoms with E-state index in [1.165, 1.54) is 43.8 Å². The van der Waals surface area contributed by atoms with Gasteiger partial charge in [0.15, 0.2) is 5.69 Å². The van der Waals surface area contributed by atoms with Crippen LogP contribution in [0, 0.1) is 18.6 Å². The highest BCUT2D eigenvalue weighted by Crippen LogP contribution is 2.28. The number of sulfonamides is 1. The lowest BCUT2D eigenvalue weighted by atomic mass is 10.2. The van der Waals surface area contributed by atoms with Gasteiger partial charge in [-0.3, -0.25) is 4.79 Å². The lowest BCUT2D eigenvalue weighted by Gasteiger charge is -2.09. The van der Waals surface area contributed by atoms with E-state index in [0.29, 0.717) is 0 Å². The largest absolute Gasteiger partial charge is 0.497 e. The molecule has 1 heterocycles. The molecule has 0 atom stereocenters. The number of carbonyl (C=O) groups is 1. The summed E-state index contributed by atoms with van der Waals surface area (Å²) in [5.74, 6) is -2.76. The van der Waals surface area contributed by atoms with Gasteiger partial charge in [-0.15, -0.1) is 0 Å². The molecule has 158 valence electrons. The maximum atomic E-state index is 14.2. The quantitative estimate of drug-likeness (QED) is 0.636. The summed E-state index contributed by atoms with van der Waals surface area (Å²) in [5, 5.41) is -0.122. The van der Waals surface area contributed by atoms with Gasteiger partial charge in [-0.2, -0.15) is 0 Å². The number of hydrogen-bond acceptors (Lipinski definition) is 5. The molecular formula is C19H16ClF2N3O4S. The second-order valence-electron chi connectivity index (χ2n) is 6.26. The molecule has 7 nitrogen and oxygen atoms in total. The van der Waals surface area contributed by atoms with Crippen LogP contribution in [0.3, 0.4) is 0 Å². The Kier molecular flexibility index (Phi) is 5.82. The van der Waals surface area contributed by atoms with E-state index >= 15 is 0 Å². The molecule has 1 N–H and O–H groups in total. The van der Waals surface area contributed by atoms with Crippen LogP contribution in [0.15, 0.2) is 41.3 Å². The van der Waals surface area contributed by atoms with Crippen molar-refractivity contribution in [1.29, 1.82) is 0 Å². The van der Waals surface area contributed by atoms with Gasteiger partial charge in [0.05, 0.1) is 17.7 Å². The average molecular weight is 456 g/mol. The summed E-state index contributed by atoms with van der Waals surface area (Å²) in [5.41, 5.74) is -0.532. The maximum Gasteiger partial charge on any atom is 0.285 e. The summed E-state index contributed by atoms with van der Waals surface area (Å²) >= 11 is 5.95. The molecule has 11 heteroatoms. The monoisotopic (exact) mass is 455 g/mol. The normalized spacial score (nSPS) is 11.4. The van der Waals surface area contributed by atoms with E-state index in [1.807, 2.05) is 4.72 Å². The molecule has 0 aliphatic rings. The molecular weight excluding hydrogens is 440 g/mol. The van der Waals surface area contributed by atoms with Crippen LogP contribution >= 0.6 is 11.6 Å². The van der Waals surface area contributed by atoms with Crippen molar-refractivity contribution in [2.24, 2.45) is 7.05 Å². The van der Waals surface area contributed by atoms with Crippen molar-refractivity contribution in [2.75, 3.05) is 7.11 Å². The highest BCUT2D eigenvalue weighted by Gasteiger charge is 2.27. The van der Waals surface area contributed by atoms with Crippen LogP contribution in [0.4, 0.5) is 8.78 Å². The van der Waals surface area contributed by atoms with Gasteiger partial charge in [-0.05, 0) is 31.2 Å². The van der Waals surface area contributed by atoms with Gasteiger partial charge < -0.3 is 9.30 Å². The second-order valence-corrected chi connectivity index (χ2v) is 8.31. The van der Waals surface area contributed by atoms with Crippen molar-refractivity contribution in [3.63, 3.8) is 0 Å². The minimum Gasteiger partial charge on any atom is -0.497 e. The first kappa shape index (κ1) is 21.7. The van der Waals surface area contributed by atoms with Crippen LogP contribution in [-0.2, 0) is 17.1 Å². The Labute approximate surface area is 176 Å². The van der Waals surface area contributed by atoms with Gasteiger partial charge in [0.1, 0.15) is 28.1 Å². The van der Waals surface area contributed by atoms with Crippen molar-refractivity contribution < 1.29 is 26.7 Å². The molecule has 3 aromatic rings. The van der Waals surface area contributed by atoms with Gasteiger partial charge >= 0.3 is 0 Å². The molecule has 0 radical (unpaired) electrons. The minimum atomic E-state index is -4.38. The Morgan fingerprint density at radius 2 is 1.83 bits per heavy atom. The van der Waals surface area contributed by atoms with Crippen LogP contribution < -0.4 is 9.46 Å². The van der Waals surface area contributed by atoms with Crippen LogP contribution in [0.1, 0.15) is 16.2 Å². The van der Waals surface area contributed by atoms with Crippen molar-refractivity contribution in [2.45, 2.75) is 11.8 Å². The van der Waals surface area contributed by atoms with E-state index in [2.05, 4.69) is 4.98 Å². The Morgan fingerprint density at radius 1 is 1.20 bits per heavy atom. The number of nitrogens with zero attached hydrogens (tertiary/aromatic N) is 2. The molecule has 30 heavy (non-hydrogen) atoms. The molecule has 1 amide bonds. The zero-order valence-corrected chi connectivity index (χ0v) is 17.6. The van der Waals surface area contributed by atoms with Gasteiger partial charge in [0.2, 0.25) is 0 Å². The molecule has 0 fully saturated rings. The fourth-order valence-corrected chi connectivity index (χ4v) is 4.24. The number of nitrogens with one attached hydrogen (secondary N) is 1. The van der Waals surface area contributed by atoms with E-state index < -0.39 is 33.1 Å². The zero-order valence-electron chi connectivity index (χ0n) is 16.0. The third-order valence-corrected chi connectivity index (χ3v) is 6.25. The lowest BCUT2D eigenvalue weighted by molar-refractivity contribution is 0.0976. The zero-order chi connectivity index (χ0) is 22.2. The lowest BCUT2D eigenvalue weighted by Crippen LogP contribution is -2.31. The topological polar surface area (TPSA) is 90.3 Å². The van der Waals surface area contributed by atoms with Crippen molar-refractivity contribution in [3.8, 4) is 17.1 Å². The number of amides is 1. The van der Waals surface area contributed by atoms with Gasteiger partial charge in [0.25, 0.3) is 15.9 Å². The molecule has 0 saturated heterocycles. The van der Waals surface area contributed by atoms with Gasteiger partial charge in [-0.25, -0.2) is 26.9 Å². The number of methoxy groups -OCH3 is 1. The predicted molar refractivity (Wildman–Crippen MR) is 106 cm³/mol. The molecule has 0 aliphatic heterocycles. The number of aromatic nitrogens is 2. The van der Waals surface area contributed by atoms with Crippen molar-refractivity contribution in [1.82, 2.24) is 14.3 Å². The van der Waals surface area contributed by atoms with Crippen LogP contribution in [0.2, 0.25) is 5.02 Å². The summed E-state index contributed by atoms with van der Waals surface area (Å²) in [6, 6.07) is 7.23. The summed E-state index contributed by atoms with van der Waals surface area (Å²) in [6.07, 6.45) is 0. The van der Waals surface area contributed by atoms with Crippen LogP contribution in [-0.4, -0.2) is 31.0 Å². The number of hydrogen-bond donors (Lipinski definition) is 1. The molecule has 0 bridgehead atoms. The fourth-order valence-electron chi connectivity index (χ4n) is 2.77. The number of imidazole rings is 1. The number of ether oxygens (including phenoxy) is 1. The summed E-state index contributed by atoms with van der Waals surface area (Å²) in [6.45, 7) is 1.47. The summed E-state index contributed by atoms with van der Waals surface area (Å²) in [7, 11) is -1.58. The average Bonchev–Trinajstić information content (AvgIpc) is 2.97. The number of rotatable bonds is 5. The Hall–Kier alpha value is -2.98. The van der Waals surface area contributed by atoms with E-state index in [1.54, 1.807) is 0 Å². The third kappa shape index (κ3) is 3.88. The minimum absolute atomic E-state index is 0.122. The first-order valence-corrected chi connectivity index (χ1v) is 10.3. The van der Waals surface area contributed by atoms with Crippen LogP contribution in [0.5, 0.6) is 5.75 Å². The van der Waals surface area contributed by atoms with Crippen LogP contribution in [0.25, 0.3) is 11.4 Å². The SMILES string of the molecule is COc1ccc(Cl)c(S(=O)(=O)NC(=O)c2nc(-c3c(F)cccc3F)n(C)c2C)c1. The van der Waals surface area contributed by atoms with E-state index in [-0.39, 0.29) is 32.9 Å². The van der Waals surface area contributed by atoms with E-state index in [0.717, 1.165) is 18.2 Å². The van der Waals surface area contributed by atoms with Crippen molar-refractivity contribution in [3.05, 3.63) is 64.4 Å². The molecule has 0 aliphatic carbocycles. The summed E-state index contributed by atoms with van der Waals surface area (Å²) in [4.78, 5) is 16.3.